The lowest BCUT2D eigenvalue weighted by Crippen LogP contribution is -2.45. The Morgan fingerprint density at radius 1 is 1.29 bits per heavy atom. The highest BCUT2D eigenvalue weighted by atomic mass is 19.1. The number of benzene rings is 1. The number of allylic oxidation sites excluding steroid dienone is 3. The van der Waals surface area contributed by atoms with Crippen LogP contribution in [0.25, 0.3) is 0 Å². The minimum Gasteiger partial charge on any atom is -0.361 e. The maximum absolute atomic E-state index is 14.8. The van der Waals surface area contributed by atoms with Gasteiger partial charge in [-0.3, -0.25) is 4.79 Å². The van der Waals surface area contributed by atoms with Crippen LogP contribution in [0.15, 0.2) is 64.7 Å². The molecule has 0 radical (unpaired) electrons. The van der Waals surface area contributed by atoms with Crippen LogP contribution in [0, 0.1) is 11.7 Å². The van der Waals surface area contributed by atoms with Gasteiger partial charge in [0.2, 0.25) is 5.95 Å². The molecule has 0 spiro atoms. The first-order valence-electron chi connectivity index (χ1n) is 11.8. The van der Waals surface area contributed by atoms with Gasteiger partial charge in [-0.1, -0.05) is 19.9 Å². The summed E-state index contributed by atoms with van der Waals surface area (Å²) in [6.45, 7) is 5.54. The summed E-state index contributed by atoms with van der Waals surface area (Å²) >= 11 is 0. The molecule has 2 aromatic rings. The lowest BCUT2D eigenvalue weighted by Gasteiger charge is -2.29. The van der Waals surface area contributed by atoms with Crippen LogP contribution in [0.1, 0.15) is 48.2 Å². The van der Waals surface area contributed by atoms with E-state index in [2.05, 4.69) is 44.7 Å². The van der Waals surface area contributed by atoms with Gasteiger partial charge in [0, 0.05) is 31.7 Å². The Kier molecular flexibility index (Phi) is 7.97. The van der Waals surface area contributed by atoms with Crippen LogP contribution in [0.5, 0.6) is 0 Å². The third kappa shape index (κ3) is 6.59. The molecular formula is C26H30FN7O. The molecule has 1 aromatic carbocycles. The molecule has 1 amide bonds. The lowest BCUT2D eigenvalue weighted by molar-refractivity contribution is 0.0936. The van der Waals surface area contributed by atoms with Crippen molar-refractivity contribution < 1.29 is 9.18 Å². The van der Waals surface area contributed by atoms with Crippen molar-refractivity contribution in [2.45, 2.75) is 45.8 Å². The average Bonchev–Trinajstić information content (AvgIpc) is 2.86. The molecule has 2 aliphatic rings. The van der Waals surface area contributed by atoms with Crippen molar-refractivity contribution in [2.75, 3.05) is 11.4 Å². The maximum atomic E-state index is 14.8. The second-order valence-corrected chi connectivity index (χ2v) is 8.94. The van der Waals surface area contributed by atoms with Gasteiger partial charge in [-0.15, -0.1) is 0 Å². The van der Waals surface area contributed by atoms with Crippen molar-refractivity contribution in [2.24, 2.45) is 16.1 Å². The van der Waals surface area contributed by atoms with Crippen LogP contribution in [-0.2, 0) is 13.0 Å². The third-order valence-electron chi connectivity index (χ3n) is 5.79. The summed E-state index contributed by atoms with van der Waals surface area (Å²) in [6, 6.07) is 4.86. The van der Waals surface area contributed by atoms with E-state index in [9.17, 15) is 9.18 Å². The summed E-state index contributed by atoms with van der Waals surface area (Å²) in [5, 5.41) is 14.1. The van der Waals surface area contributed by atoms with Gasteiger partial charge in [0.25, 0.3) is 5.91 Å². The number of fused-ring (bicyclic) bond motifs is 1. The predicted octanol–water partition coefficient (Wildman–Crippen LogP) is 3.77. The molecule has 0 fully saturated rings. The van der Waals surface area contributed by atoms with Gasteiger partial charge in [-0.05, 0) is 66.7 Å². The summed E-state index contributed by atoms with van der Waals surface area (Å²) in [4.78, 5) is 23.5. The first kappa shape index (κ1) is 24.3. The van der Waals surface area contributed by atoms with Crippen LogP contribution in [0.2, 0.25) is 0 Å². The number of halogens is 1. The van der Waals surface area contributed by atoms with E-state index < -0.39 is 17.9 Å². The Hall–Kier alpha value is -3.88. The van der Waals surface area contributed by atoms with Crippen molar-refractivity contribution >= 4 is 24.3 Å². The van der Waals surface area contributed by atoms with Crippen molar-refractivity contribution in [1.82, 2.24) is 20.6 Å². The maximum Gasteiger partial charge on any atom is 0.256 e. The van der Waals surface area contributed by atoms with Crippen LogP contribution >= 0.6 is 0 Å². The van der Waals surface area contributed by atoms with Gasteiger partial charge in [-0.25, -0.2) is 14.4 Å². The smallest absolute Gasteiger partial charge is 0.256 e. The monoisotopic (exact) mass is 475 g/mol. The van der Waals surface area contributed by atoms with Crippen molar-refractivity contribution in [1.29, 1.82) is 0 Å². The molecule has 3 heterocycles. The van der Waals surface area contributed by atoms with Crippen molar-refractivity contribution in [3.05, 3.63) is 77.0 Å². The highest BCUT2D eigenvalue weighted by Crippen LogP contribution is 2.25. The molecule has 35 heavy (non-hydrogen) atoms. The molecule has 9 heteroatoms. The molecule has 182 valence electrons. The summed E-state index contributed by atoms with van der Waals surface area (Å²) in [7, 11) is 0. The second-order valence-electron chi connectivity index (χ2n) is 8.94. The fourth-order valence-corrected chi connectivity index (χ4v) is 3.92. The van der Waals surface area contributed by atoms with E-state index >= 15 is 0 Å². The number of nitrogens with zero attached hydrogens (tertiary/aromatic N) is 5. The average molecular weight is 476 g/mol. The molecule has 8 nitrogen and oxygen atoms in total. The fourth-order valence-electron chi connectivity index (χ4n) is 3.92. The molecule has 2 N–H and O–H groups in total. The molecular weight excluding hydrogens is 445 g/mol. The number of carbonyl (C=O) groups is 1. The summed E-state index contributed by atoms with van der Waals surface area (Å²) < 4.78 is 14.8. The topological polar surface area (TPSA) is 94.9 Å². The van der Waals surface area contributed by atoms with E-state index in [4.69, 9.17) is 0 Å². The first-order chi connectivity index (χ1) is 17.0. The zero-order valence-electron chi connectivity index (χ0n) is 20.0. The Bertz CT molecular complexity index is 1160. The zero-order valence-corrected chi connectivity index (χ0v) is 20.0. The zero-order chi connectivity index (χ0) is 24.6. The van der Waals surface area contributed by atoms with Crippen LogP contribution in [0.3, 0.4) is 0 Å². The molecule has 1 unspecified atom stereocenters. The minimum absolute atomic E-state index is 0.00861. The molecule has 1 aromatic heterocycles. The normalized spacial score (nSPS) is 17.5. The van der Waals surface area contributed by atoms with Gasteiger partial charge in [0.15, 0.2) is 0 Å². The predicted molar refractivity (Wildman–Crippen MR) is 136 cm³/mol. The van der Waals surface area contributed by atoms with Gasteiger partial charge < -0.3 is 15.5 Å². The van der Waals surface area contributed by atoms with Gasteiger partial charge in [-0.2, -0.15) is 10.2 Å². The molecule has 1 atom stereocenters. The molecule has 0 aliphatic carbocycles. The number of rotatable bonds is 8. The van der Waals surface area contributed by atoms with E-state index in [0.29, 0.717) is 37.1 Å². The number of aromatic nitrogens is 2. The number of hydrogen-bond acceptors (Lipinski definition) is 7. The highest BCUT2D eigenvalue weighted by molar-refractivity contribution is 5.95. The van der Waals surface area contributed by atoms with Crippen molar-refractivity contribution in [3.8, 4) is 0 Å². The quantitative estimate of drug-likeness (QED) is 0.448. The molecule has 0 bridgehead atoms. The van der Waals surface area contributed by atoms with Crippen LogP contribution in [-0.4, -0.2) is 41.0 Å². The third-order valence-corrected chi connectivity index (χ3v) is 5.79. The number of dihydropyridines is 1. The van der Waals surface area contributed by atoms with Gasteiger partial charge >= 0.3 is 0 Å². The van der Waals surface area contributed by atoms with Gasteiger partial charge in [0.05, 0.1) is 17.5 Å². The number of nitrogens with one attached hydrogen (secondary N) is 2. The molecule has 4 rings (SSSR count). The molecule has 0 saturated carbocycles. The van der Waals surface area contributed by atoms with E-state index in [1.165, 1.54) is 6.07 Å². The van der Waals surface area contributed by atoms with E-state index in [1.807, 2.05) is 17.1 Å². The summed E-state index contributed by atoms with van der Waals surface area (Å²) in [5.74, 6) is 0.221. The number of hydrogen-bond donors (Lipinski definition) is 2. The Labute approximate surface area is 204 Å². The largest absolute Gasteiger partial charge is 0.361 e. The van der Waals surface area contributed by atoms with Gasteiger partial charge in [0.1, 0.15) is 12.0 Å². The molecule has 0 saturated heterocycles. The highest BCUT2D eigenvalue weighted by Gasteiger charge is 2.23. The number of carbonyl (C=O) groups excluding carboxylic acids is 1. The van der Waals surface area contributed by atoms with E-state index in [1.54, 1.807) is 43.0 Å². The fraction of sp³-hybridized carbons (Fsp3) is 0.346. The van der Waals surface area contributed by atoms with Crippen LogP contribution < -0.4 is 15.5 Å². The van der Waals surface area contributed by atoms with Crippen LogP contribution in [0.4, 0.5) is 10.3 Å². The van der Waals surface area contributed by atoms with Crippen molar-refractivity contribution in [3.63, 3.8) is 0 Å². The van der Waals surface area contributed by atoms with E-state index in [0.717, 1.165) is 24.0 Å². The summed E-state index contributed by atoms with van der Waals surface area (Å²) in [6.07, 6.45) is 14.3. The van der Waals surface area contributed by atoms with E-state index in [-0.39, 0.29) is 5.56 Å². The Morgan fingerprint density at radius 3 is 2.91 bits per heavy atom. The Balaban J connectivity index is 1.37. The minimum atomic E-state index is -0.529. The number of anilines is 1. The summed E-state index contributed by atoms with van der Waals surface area (Å²) in [5.41, 5.74) is 2.50. The second kappa shape index (κ2) is 11.5. The SMILES string of the molecule is CC(C)CC/C=N/N=C/C1=CC=CC(NC(=O)c2cc3c(cc2F)CCN(c2ncccn2)C3)N1. The molecule has 2 aliphatic heterocycles. The Morgan fingerprint density at radius 2 is 2.11 bits per heavy atom. The standard InChI is InChI=1S/C26H30FN7O/c1-18(2)6-4-12-30-31-16-21-7-3-8-24(32-21)33-25(35)22-14-20-17-34(26-28-10-5-11-29-26)13-9-19(20)15-23(22)27/h3,5,7-8,10-12,14-16,18,24,32H,4,6,9,13,17H2,1-2H3,(H,33,35)/b30-12+,31-16+. The first-order valence-corrected chi connectivity index (χ1v) is 11.8. The number of amides is 1. The lowest BCUT2D eigenvalue weighted by atomic mass is 9.96.